The van der Waals surface area contributed by atoms with E-state index in [0.29, 0.717) is 67.5 Å². The van der Waals surface area contributed by atoms with Gasteiger partial charge in [0.1, 0.15) is 11.4 Å². The summed E-state index contributed by atoms with van der Waals surface area (Å²) in [6.07, 6.45) is 2.62. The molecule has 1 unspecified atom stereocenters. The fourth-order valence-electron chi connectivity index (χ4n) is 5.55. The van der Waals surface area contributed by atoms with Crippen LogP contribution in [0.3, 0.4) is 0 Å². The highest BCUT2D eigenvalue weighted by atomic mass is 35.5. The number of carbonyl (C=O) groups is 3. The van der Waals surface area contributed by atoms with Gasteiger partial charge in [-0.25, -0.2) is 4.79 Å². The summed E-state index contributed by atoms with van der Waals surface area (Å²) < 4.78 is 5.50. The molecule has 0 aliphatic carbocycles. The van der Waals surface area contributed by atoms with Crippen LogP contribution in [0.4, 0.5) is 10.5 Å². The monoisotopic (exact) mass is 637 g/mol. The van der Waals surface area contributed by atoms with E-state index in [1.54, 1.807) is 22.0 Å². The average Bonchev–Trinajstić information content (AvgIpc) is 3.32. The van der Waals surface area contributed by atoms with E-state index in [2.05, 4.69) is 25.5 Å². The third kappa shape index (κ3) is 9.96. The second-order valence-electron chi connectivity index (χ2n) is 12.6. The Kier molecular flexibility index (Phi) is 11.6. The summed E-state index contributed by atoms with van der Waals surface area (Å²) in [5, 5.41) is 13.2. The van der Waals surface area contributed by atoms with Gasteiger partial charge in [-0.05, 0) is 58.2 Å². The molecule has 1 aromatic rings. The van der Waals surface area contributed by atoms with Crippen LogP contribution in [0.15, 0.2) is 23.3 Å². The van der Waals surface area contributed by atoms with Crippen molar-refractivity contribution in [2.24, 2.45) is 11.0 Å². The lowest BCUT2D eigenvalue weighted by Gasteiger charge is -2.42. The second-order valence-corrected chi connectivity index (χ2v) is 13.4. The molecule has 0 spiro atoms. The van der Waals surface area contributed by atoms with Crippen molar-refractivity contribution in [3.05, 3.63) is 28.2 Å². The molecule has 1 aromatic carbocycles. The zero-order valence-electron chi connectivity index (χ0n) is 25.7. The highest BCUT2D eigenvalue weighted by molar-refractivity contribution is 6.42. The molecule has 3 amide bonds. The number of nitrogens with one attached hydrogen (secondary N) is 2. The first-order valence-electron chi connectivity index (χ1n) is 15.2. The molecule has 0 aromatic heterocycles. The Labute approximate surface area is 264 Å². The maximum absolute atomic E-state index is 12.5. The van der Waals surface area contributed by atoms with E-state index < -0.39 is 5.60 Å². The molecule has 13 heteroatoms. The number of benzene rings is 1. The largest absolute Gasteiger partial charge is 0.444 e. The average molecular weight is 639 g/mol. The van der Waals surface area contributed by atoms with Gasteiger partial charge in [0.25, 0.3) is 0 Å². The minimum atomic E-state index is -0.482. The number of ether oxygens (including phenoxy) is 1. The second kappa shape index (κ2) is 14.9. The highest BCUT2D eigenvalue weighted by Crippen LogP contribution is 2.29. The number of halogens is 2. The number of hydrogen-bond donors (Lipinski definition) is 2. The topological polar surface area (TPSA) is 110 Å². The first kappa shape index (κ1) is 33.3. The van der Waals surface area contributed by atoms with Gasteiger partial charge >= 0.3 is 6.09 Å². The molecule has 3 aliphatic heterocycles. The molecular weight excluding hydrogens is 593 g/mol. The number of hydrazone groups is 1. The van der Waals surface area contributed by atoms with Crippen LogP contribution in [0.2, 0.25) is 10.0 Å². The molecule has 0 radical (unpaired) electrons. The molecule has 2 saturated heterocycles. The number of piperazine rings is 1. The first-order valence-corrected chi connectivity index (χ1v) is 16.0. The zero-order chi connectivity index (χ0) is 31.1. The van der Waals surface area contributed by atoms with Crippen molar-refractivity contribution in [2.75, 3.05) is 63.9 Å². The standard InChI is InChI=1S/C30H45Cl2N7O4/c1-21-19-39(23-7-8-24(31)25(32)18-23)35-28(21)34-26(40)6-5-11-33-27(41)20-36-12-9-22(10-13-36)37-14-16-38(17-15-37)29(42)43-30(2,3)4/h7-8,18,21-22H,5-6,9-17,19-20H2,1-4H3,(H,33,41)(H,34,35,40). The molecule has 238 valence electrons. The molecule has 0 bridgehead atoms. The van der Waals surface area contributed by atoms with Gasteiger partial charge in [0.2, 0.25) is 11.8 Å². The van der Waals surface area contributed by atoms with Gasteiger partial charge in [0.15, 0.2) is 0 Å². The van der Waals surface area contributed by atoms with Crippen molar-refractivity contribution in [1.82, 2.24) is 25.3 Å². The Balaban J connectivity index is 1.08. The number of piperidine rings is 1. The van der Waals surface area contributed by atoms with E-state index in [1.165, 1.54) is 0 Å². The van der Waals surface area contributed by atoms with Crippen LogP contribution in [0.5, 0.6) is 0 Å². The van der Waals surface area contributed by atoms with Crippen molar-refractivity contribution >= 4 is 52.6 Å². The predicted octanol–water partition coefficient (Wildman–Crippen LogP) is 3.79. The number of carbonyl (C=O) groups excluding carboxylic acids is 3. The summed E-state index contributed by atoms with van der Waals surface area (Å²) in [6.45, 7) is 13.9. The van der Waals surface area contributed by atoms with Gasteiger partial charge in [0.05, 0.1) is 28.8 Å². The van der Waals surface area contributed by atoms with Crippen LogP contribution in [0, 0.1) is 5.92 Å². The number of nitrogens with zero attached hydrogens (tertiary/aromatic N) is 5. The van der Waals surface area contributed by atoms with E-state index in [9.17, 15) is 14.4 Å². The molecule has 0 saturated carbocycles. The Morgan fingerprint density at radius 3 is 2.35 bits per heavy atom. The van der Waals surface area contributed by atoms with Crippen LogP contribution in [-0.2, 0) is 14.3 Å². The van der Waals surface area contributed by atoms with Gasteiger partial charge in [-0.1, -0.05) is 30.1 Å². The lowest BCUT2D eigenvalue weighted by atomic mass is 10.0. The lowest BCUT2D eigenvalue weighted by Crippen LogP contribution is -2.55. The van der Waals surface area contributed by atoms with Gasteiger partial charge in [-0.15, -0.1) is 0 Å². The molecule has 3 aliphatic rings. The van der Waals surface area contributed by atoms with Crippen LogP contribution < -0.4 is 15.6 Å². The Morgan fingerprint density at radius 1 is 1.00 bits per heavy atom. The number of anilines is 1. The summed E-state index contributed by atoms with van der Waals surface area (Å²) in [6, 6.07) is 5.80. The normalized spacial score (nSPS) is 20.6. The smallest absolute Gasteiger partial charge is 0.410 e. The third-order valence-corrected chi connectivity index (χ3v) is 8.66. The van der Waals surface area contributed by atoms with E-state index in [0.717, 1.165) is 44.7 Å². The van der Waals surface area contributed by atoms with Gasteiger partial charge in [-0.3, -0.25) is 24.4 Å². The fourth-order valence-corrected chi connectivity index (χ4v) is 5.84. The van der Waals surface area contributed by atoms with Gasteiger partial charge < -0.3 is 20.3 Å². The SMILES string of the molecule is CC1CN(c2ccc(Cl)c(Cl)c2)N=C1NC(=O)CCCNC(=O)CN1CCC(N2CCN(C(=O)OC(C)(C)C)CC2)CC1. The summed E-state index contributed by atoms with van der Waals surface area (Å²) in [5.41, 5.74) is 0.334. The number of amides is 3. The number of amidine groups is 1. The van der Waals surface area contributed by atoms with Gasteiger partial charge in [0, 0.05) is 64.2 Å². The van der Waals surface area contributed by atoms with Crippen LogP contribution in [-0.4, -0.2) is 109 Å². The van der Waals surface area contributed by atoms with Crippen molar-refractivity contribution in [3.63, 3.8) is 0 Å². The molecule has 4 rings (SSSR count). The van der Waals surface area contributed by atoms with Crippen molar-refractivity contribution in [2.45, 2.75) is 65.0 Å². The number of rotatable bonds is 8. The van der Waals surface area contributed by atoms with Crippen LogP contribution >= 0.6 is 23.2 Å². The van der Waals surface area contributed by atoms with Crippen molar-refractivity contribution in [3.8, 4) is 0 Å². The highest BCUT2D eigenvalue weighted by Gasteiger charge is 2.31. The molecule has 2 fully saturated rings. The third-order valence-electron chi connectivity index (χ3n) is 7.92. The number of likely N-dealkylation sites (tertiary alicyclic amines) is 1. The molecule has 1 atom stereocenters. The summed E-state index contributed by atoms with van der Waals surface area (Å²) in [7, 11) is 0. The van der Waals surface area contributed by atoms with Crippen LogP contribution in [0.1, 0.15) is 53.4 Å². The Hall–Kier alpha value is -2.60. The molecule has 2 N–H and O–H groups in total. The lowest BCUT2D eigenvalue weighted by molar-refractivity contribution is -0.123. The van der Waals surface area contributed by atoms with E-state index in [-0.39, 0.29) is 23.8 Å². The molecular formula is C30H45Cl2N7O4. The maximum atomic E-state index is 12.5. The zero-order valence-corrected chi connectivity index (χ0v) is 27.2. The minimum absolute atomic E-state index is 0.0177. The Bertz CT molecular complexity index is 1180. The van der Waals surface area contributed by atoms with E-state index >= 15 is 0 Å². The predicted molar refractivity (Wildman–Crippen MR) is 170 cm³/mol. The van der Waals surface area contributed by atoms with Crippen LogP contribution in [0.25, 0.3) is 0 Å². The van der Waals surface area contributed by atoms with Gasteiger partial charge in [-0.2, -0.15) is 5.10 Å². The summed E-state index contributed by atoms with van der Waals surface area (Å²) in [5.74, 6) is 0.540. The molecule has 11 nitrogen and oxygen atoms in total. The Morgan fingerprint density at radius 2 is 1.70 bits per heavy atom. The minimum Gasteiger partial charge on any atom is -0.444 e. The summed E-state index contributed by atoms with van der Waals surface area (Å²) in [4.78, 5) is 43.8. The quantitative estimate of drug-likeness (QED) is 0.417. The summed E-state index contributed by atoms with van der Waals surface area (Å²) >= 11 is 12.1. The van der Waals surface area contributed by atoms with Crippen molar-refractivity contribution < 1.29 is 19.1 Å². The molecule has 43 heavy (non-hydrogen) atoms. The first-order chi connectivity index (χ1) is 20.4. The fraction of sp³-hybridized carbons (Fsp3) is 0.667. The van der Waals surface area contributed by atoms with E-state index in [4.69, 9.17) is 27.9 Å². The maximum Gasteiger partial charge on any atom is 0.410 e. The number of hydrogen-bond acceptors (Lipinski definition) is 8. The van der Waals surface area contributed by atoms with Crippen molar-refractivity contribution in [1.29, 1.82) is 0 Å². The molecule has 3 heterocycles. The van der Waals surface area contributed by atoms with E-state index in [1.807, 2.05) is 33.8 Å².